The zero-order chi connectivity index (χ0) is 13.2. The molecule has 0 aromatic carbocycles. The lowest BCUT2D eigenvalue weighted by molar-refractivity contribution is 0.464. The van der Waals surface area contributed by atoms with E-state index in [0.717, 1.165) is 18.9 Å². The van der Waals surface area contributed by atoms with Gasteiger partial charge < -0.3 is 16.1 Å². The predicted octanol–water partition coefficient (Wildman–Crippen LogP) is 1.37. The number of hydrogen-bond donors (Lipinski definition) is 3. The molecular formula is C12H22N6. The van der Waals surface area contributed by atoms with Gasteiger partial charge in [0.2, 0.25) is 0 Å². The first-order valence-corrected chi connectivity index (χ1v) is 6.36. The summed E-state index contributed by atoms with van der Waals surface area (Å²) in [6.45, 7) is 8.25. The largest absolute Gasteiger partial charge is 0.393 e. The maximum Gasteiger partial charge on any atom is 0.169 e. The summed E-state index contributed by atoms with van der Waals surface area (Å²) in [5.41, 5.74) is 12.9. The number of aromatic nitrogens is 2. The van der Waals surface area contributed by atoms with E-state index in [4.69, 9.17) is 5.73 Å². The van der Waals surface area contributed by atoms with Gasteiger partial charge in [-0.1, -0.05) is 0 Å². The number of nitrogens with two attached hydrogens (primary N) is 1. The molecule has 0 spiro atoms. The summed E-state index contributed by atoms with van der Waals surface area (Å²) in [4.78, 5) is 10.7. The topological polar surface area (TPSA) is 79.1 Å². The summed E-state index contributed by atoms with van der Waals surface area (Å²) in [6.07, 6.45) is 3.95. The van der Waals surface area contributed by atoms with Crippen molar-refractivity contribution in [2.75, 3.05) is 29.1 Å². The van der Waals surface area contributed by atoms with E-state index in [2.05, 4.69) is 46.5 Å². The fourth-order valence-corrected chi connectivity index (χ4v) is 1.91. The Morgan fingerprint density at radius 1 is 1.22 bits per heavy atom. The van der Waals surface area contributed by atoms with Crippen molar-refractivity contribution >= 4 is 17.3 Å². The maximum atomic E-state index is 6.12. The molecular weight excluding hydrogens is 228 g/mol. The molecule has 1 aromatic rings. The highest BCUT2D eigenvalue weighted by Crippen LogP contribution is 2.28. The lowest BCUT2D eigenvalue weighted by Crippen LogP contribution is -2.40. The average molecular weight is 250 g/mol. The second-order valence-corrected chi connectivity index (χ2v) is 5.65. The minimum absolute atomic E-state index is 0.0504. The second kappa shape index (κ2) is 4.97. The first kappa shape index (κ1) is 12.9. The molecule has 18 heavy (non-hydrogen) atoms. The van der Waals surface area contributed by atoms with Gasteiger partial charge in [0, 0.05) is 18.6 Å². The van der Waals surface area contributed by atoms with Crippen LogP contribution in [-0.4, -0.2) is 28.6 Å². The fourth-order valence-electron chi connectivity index (χ4n) is 1.91. The van der Waals surface area contributed by atoms with Gasteiger partial charge in [0.05, 0.1) is 0 Å². The van der Waals surface area contributed by atoms with Gasteiger partial charge >= 0.3 is 0 Å². The lowest BCUT2D eigenvalue weighted by atomic mass is 10.1. The Balaban J connectivity index is 2.14. The molecule has 1 fully saturated rings. The SMILES string of the molecule is CC(C)(C)NNc1ncnc(N2CCCC2)c1N. The zero-order valence-electron chi connectivity index (χ0n) is 11.3. The molecule has 0 unspecified atom stereocenters. The van der Waals surface area contributed by atoms with Crippen molar-refractivity contribution in [3.63, 3.8) is 0 Å². The highest BCUT2D eigenvalue weighted by atomic mass is 15.4. The van der Waals surface area contributed by atoms with E-state index in [1.165, 1.54) is 12.8 Å². The van der Waals surface area contributed by atoms with Crippen LogP contribution in [0.3, 0.4) is 0 Å². The molecule has 6 heteroatoms. The van der Waals surface area contributed by atoms with Crippen molar-refractivity contribution in [1.29, 1.82) is 0 Å². The number of nitrogen functional groups attached to an aromatic ring is 1. The van der Waals surface area contributed by atoms with Crippen molar-refractivity contribution in [2.45, 2.75) is 39.2 Å². The van der Waals surface area contributed by atoms with Gasteiger partial charge in [-0.2, -0.15) is 0 Å². The van der Waals surface area contributed by atoms with Gasteiger partial charge in [0.25, 0.3) is 0 Å². The van der Waals surface area contributed by atoms with Crippen molar-refractivity contribution in [2.24, 2.45) is 0 Å². The van der Waals surface area contributed by atoms with Crippen LogP contribution < -0.4 is 21.5 Å². The third-order valence-corrected chi connectivity index (χ3v) is 2.82. The van der Waals surface area contributed by atoms with Gasteiger partial charge in [-0.25, -0.2) is 15.4 Å². The van der Waals surface area contributed by atoms with Crippen LogP contribution in [0.2, 0.25) is 0 Å². The summed E-state index contributed by atoms with van der Waals surface area (Å²) in [5, 5.41) is 0. The van der Waals surface area contributed by atoms with E-state index in [-0.39, 0.29) is 5.54 Å². The van der Waals surface area contributed by atoms with Crippen LogP contribution in [0.25, 0.3) is 0 Å². The van der Waals surface area contributed by atoms with Crippen LogP contribution in [0.5, 0.6) is 0 Å². The van der Waals surface area contributed by atoms with Gasteiger partial charge in [-0.05, 0) is 33.6 Å². The summed E-state index contributed by atoms with van der Waals surface area (Å²) in [7, 11) is 0. The molecule has 1 aromatic heterocycles. The zero-order valence-corrected chi connectivity index (χ0v) is 11.3. The highest BCUT2D eigenvalue weighted by molar-refractivity contribution is 5.74. The minimum Gasteiger partial charge on any atom is -0.393 e. The van der Waals surface area contributed by atoms with Gasteiger partial charge in [0.1, 0.15) is 12.0 Å². The Labute approximate surface area is 108 Å². The molecule has 100 valence electrons. The molecule has 2 rings (SSSR count). The molecule has 1 aliphatic rings. The first-order valence-electron chi connectivity index (χ1n) is 6.36. The molecule has 6 nitrogen and oxygen atoms in total. The molecule has 0 radical (unpaired) electrons. The van der Waals surface area contributed by atoms with Crippen molar-refractivity contribution in [3.8, 4) is 0 Å². The quantitative estimate of drug-likeness (QED) is 0.703. The summed E-state index contributed by atoms with van der Waals surface area (Å²) >= 11 is 0. The Morgan fingerprint density at radius 3 is 2.50 bits per heavy atom. The smallest absolute Gasteiger partial charge is 0.169 e. The van der Waals surface area contributed by atoms with E-state index in [1.807, 2.05) is 0 Å². The van der Waals surface area contributed by atoms with E-state index in [0.29, 0.717) is 11.5 Å². The number of hydrogen-bond acceptors (Lipinski definition) is 6. The van der Waals surface area contributed by atoms with Crippen molar-refractivity contribution in [1.82, 2.24) is 15.4 Å². The normalized spacial score (nSPS) is 16.1. The molecule has 0 atom stereocenters. The van der Waals surface area contributed by atoms with Gasteiger partial charge in [-0.3, -0.25) is 0 Å². The molecule has 4 N–H and O–H groups in total. The van der Waals surface area contributed by atoms with Crippen LogP contribution in [0.4, 0.5) is 17.3 Å². The number of anilines is 3. The van der Waals surface area contributed by atoms with Crippen molar-refractivity contribution in [3.05, 3.63) is 6.33 Å². The number of nitrogens with one attached hydrogen (secondary N) is 2. The number of nitrogens with zero attached hydrogens (tertiary/aromatic N) is 3. The lowest BCUT2D eigenvalue weighted by Gasteiger charge is -2.24. The van der Waals surface area contributed by atoms with Gasteiger partial charge in [-0.15, -0.1) is 0 Å². The van der Waals surface area contributed by atoms with Crippen LogP contribution in [-0.2, 0) is 0 Å². The van der Waals surface area contributed by atoms with Crippen LogP contribution in [0.15, 0.2) is 6.33 Å². The summed E-state index contributed by atoms with van der Waals surface area (Å²) in [5.74, 6) is 1.47. The molecule has 2 heterocycles. The Morgan fingerprint density at radius 2 is 1.89 bits per heavy atom. The molecule has 1 saturated heterocycles. The molecule has 1 aliphatic heterocycles. The monoisotopic (exact) mass is 250 g/mol. The molecule has 0 bridgehead atoms. The predicted molar refractivity (Wildman–Crippen MR) is 74.4 cm³/mol. The second-order valence-electron chi connectivity index (χ2n) is 5.65. The average Bonchev–Trinajstić information content (AvgIpc) is 2.80. The van der Waals surface area contributed by atoms with E-state index >= 15 is 0 Å². The Kier molecular flexibility index (Phi) is 3.56. The van der Waals surface area contributed by atoms with Crippen LogP contribution >= 0.6 is 0 Å². The van der Waals surface area contributed by atoms with E-state index in [1.54, 1.807) is 6.33 Å². The maximum absolute atomic E-state index is 6.12. The van der Waals surface area contributed by atoms with E-state index in [9.17, 15) is 0 Å². The fraction of sp³-hybridized carbons (Fsp3) is 0.667. The Hall–Kier alpha value is -1.56. The van der Waals surface area contributed by atoms with Crippen molar-refractivity contribution < 1.29 is 0 Å². The van der Waals surface area contributed by atoms with Crippen LogP contribution in [0.1, 0.15) is 33.6 Å². The van der Waals surface area contributed by atoms with E-state index < -0.39 is 0 Å². The summed E-state index contributed by atoms with van der Waals surface area (Å²) < 4.78 is 0. The molecule has 0 amide bonds. The Bertz CT molecular complexity index is 406. The summed E-state index contributed by atoms with van der Waals surface area (Å²) in [6, 6.07) is 0. The minimum atomic E-state index is -0.0504. The third-order valence-electron chi connectivity index (χ3n) is 2.82. The number of hydrazine groups is 1. The van der Waals surface area contributed by atoms with Crippen LogP contribution in [0, 0.1) is 0 Å². The highest BCUT2D eigenvalue weighted by Gasteiger charge is 2.19. The molecule has 0 aliphatic carbocycles. The molecule has 0 saturated carbocycles. The number of rotatable bonds is 3. The van der Waals surface area contributed by atoms with Gasteiger partial charge in [0.15, 0.2) is 11.6 Å². The standard InChI is InChI=1S/C12H22N6/c1-12(2,3)17-16-10-9(13)11(15-8-14-10)18-6-4-5-7-18/h8,17H,4-7,13H2,1-3H3,(H,14,15,16). The third kappa shape index (κ3) is 3.01. The first-order chi connectivity index (χ1) is 8.47.